The molecule has 0 spiro atoms. The van der Waals surface area contributed by atoms with Crippen molar-refractivity contribution < 1.29 is 9.53 Å². The standard InChI is InChI=1S/C14H17N3O2/c1-9(2)14(18)13-10(3)17(16-15-13)11-5-7-12(19-4)8-6-11/h5-9H,1-4H3. The normalized spacial score (nSPS) is 10.8. The van der Waals surface area contributed by atoms with Crippen LogP contribution in [0.4, 0.5) is 0 Å². The molecule has 0 bridgehead atoms. The van der Waals surface area contributed by atoms with Crippen molar-refractivity contribution in [3.8, 4) is 11.4 Å². The fourth-order valence-corrected chi connectivity index (χ4v) is 1.80. The van der Waals surface area contributed by atoms with E-state index in [1.807, 2.05) is 45.0 Å². The quantitative estimate of drug-likeness (QED) is 0.791. The summed E-state index contributed by atoms with van der Waals surface area (Å²) >= 11 is 0. The van der Waals surface area contributed by atoms with Gasteiger partial charge in [-0.05, 0) is 31.2 Å². The van der Waals surface area contributed by atoms with Gasteiger partial charge in [-0.25, -0.2) is 4.68 Å². The van der Waals surface area contributed by atoms with Crippen molar-refractivity contribution in [3.63, 3.8) is 0 Å². The highest BCUT2D eigenvalue weighted by Crippen LogP contribution is 2.18. The van der Waals surface area contributed by atoms with Crippen molar-refractivity contribution in [1.29, 1.82) is 0 Å². The Morgan fingerprint density at radius 3 is 2.42 bits per heavy atom. The Kier molecular flexibility index (Phi) is 3.64. The molecular formula is C14H17N3O2. The van der Waals surface area contributed by atoms with E-state index < -0.39 is 0 Å². The molecule has 2 rings (SSSR count). The Morgan fingerprint density at radius 1 is 1.26 bits per heavy atom. The molecule has 0 atom stereocenters. The van der Waals surface area contributed by atoms with Crippen molar-refractivity contribution in [2.45, 2.75) is 20.8 Å². The molecular weight excluding hydrogens is 242 g/mol. The second kappa shape index (κ2) is 5.22. The number of benzene rings is 1. The Bertz CT molecular complexity index is 585. The minimum atomic E-state index is -0.0836. The fourth-order valence-electron chi connectivity index (χ4n) is 1.80. The van der Waals surface area contributed by atoms with Crippen LogP contribution in [-0.4, -0.2) is 27.9 Å². The molecule has 0 N–H and O–H groups in total. The van der Waals surface area contributed by atoms with Crippen LogP contribution in [-0.2, 0) is 0 Å². The molecule has 100 valence electrons. The van der Waals surface area contributed by atoms with E-state index in [2.05, 4.69) is 10.3 Å². The average molecular weight is 259 g/mol. The largest absolute Gasteiger partial charge is 0.497 e. The maximum Gasteiger partial charge on any atom is 0.187 e. The maximum atomic E-state index is 12.0. The number of hydrogen-bond acceptors (Lipinski definition) is 4. The van der Waals surface area contributed by atoms with E-state index in [-0.39, 0.29) is 11.7 Å². The van der Waals surface area contributed by atoms with E-state index in [4.69, 9.17) is 4.74 Å². The molecule has 0 radical (unpaired) electrons. The molecule has 5 heteroatoms. The molecule has 0 unspecified atom stereocenters. The summed E-state index contributed by atoms with van der Waals surface area (Å²) in [5, 5.41) is 8.04. The highest BCUT2D eigenvalue weighted by atomic mass is 16.5. The predicted molar refractivity (Wildman–Crippen MR) is 71.8 cm³/mol. The molecule has 1 aromatic heterocycles. The minimum Gasteiger partial charge on any atom is -0.497 e. The van der Waals surface area contributed by atoms with Crippen molar-refractivity contribution in [1.82, 2.24) is 15.0 Å². The van der Waals surface area contributed by atoms with Crippen LogP contribution in [0.25, 0.3) is 5.69 Å². The van der Waals surface area contributed by atoms with Gasteiger partial charge in [0.05, 0.1) is 18.5 Å². The Hall–Kier alpha value is -2.17. The van der Waals surface area contributed by atoms with Crippen LogP contribution in [0.3, 0.4) is 0 Å². The van der Waals surface area contributed by atoms with Crippen LogP contribution in [0.2, 0.25) is 0 Å². The summed E-state index contributed by atoms with van der Waals surface area (Å²) in [5.74, 6) is 0.706. The second-order valence-electron chi connectivity index (χ2n) is 4.65. The second-order valence-corrected chi connectivity index (χ2v) is 4.65. The van der Waals surface area contributed by atoms with Crippen molar-refractivity contribution >= 4 is 5.78 Å². The van der Waals surface area contributed by atoms with Crippen LogP contribution in [0.15, 0.2) is 24.3 Å². The fraction of sp³-hybridized carbons (Fsp3) is 0.357. The first-order valence-corrected chi connectivity index (χ1v) is 6.15. The van der Waals surface area contributed by atoms with Crippen molar-refractivity contribution in [2.75, 3.05) is 7.11 Å². The number of nitrogens with zero attached hydrogens (tertiary/aromatic N) is 3. The summed E-state index contributed by atoms with van der Waals surface area (Å²) in [6.45, 7) is 5.56. The third-order valence-corrected chi connectivity index (χ3v) is 2.97. The zero-order valence-electron chi connectivity index (χ0n) is 11.5. The number of rotatable bonds is 4. The number of hydrogen-bond donors (Lipinski definition) is 0. The predicted octanol–water partition coefficient (Wildman–Crippen LogP) is 2.42. The highest BCUT2D eigenvalue weighted by molar-refractivity contribution is 5.96. The van der Waals surface area contributed by atoms with Crippen LogP contribution < -0.4 is 4.74 Å². The SMILES string of the molecule is COc1ccc(-n2nnc(C(=O)C(C)C)c2C)cc1. The van der Waals surface area contributed by atoms with Crippen LogP contribution >= 0.6 is 0 Å². The van der Waals surface area contributed by atoms with Crippen LogP contribution in [0.1, 0.15) is 30.0 Å². The van der Waals surface area contributed by atoms with Gasteiger partial charge in [-0.2, -0.15) is 0 Å². The molecule has 0 aliphatic rings. The van der Waals surface area contributed by atoms with E-state index >= 15 is 0 Å². The third-order valence-electron chi connectivity index (χ3n) is 2.97. The number of carbonyl (C=O) groups is 1. The van der Waals surface area contributed by atoms with Gasteiger partial charge >= 0.3 is 0 Å². The van der Waals surface area contributed by atoms with Gasteiger partial charge in [0.1, 0.15) is 5.75 Å². The summed E-state index contributed by atoms with van der Waals surface area (Å²) < 4.78 is 6.77. The molecule has 19 heavy (non-hydrogen) atoms. The van der Waals surface area contributed by atoms with E-state index in [9.17, 15) is 4.79 Å². The summed E-state index contributed by atoms with van der Waals surface area (Å²) in [7, 11) is 1.62. The lowest BCUT2D eigenvalue weighted by Gasteiger charge is -2.05. The number of aromatic nitrogens is 3. The average Bonchev–Trinajstić information content (AvgIpc) is 2.79. The molecule has 0 aliphatic carbocycles. The lowest BCUT2D eigenvalue weighted by atomic mass is 10.1. The number of carbonyl (C=O) groups excluding carboxylic acids is 1. The van der Waals surface area contributed by atoms with Gasteiger partial charge in [0.2, 0.25) is 0 Å². The summed E-state index contributed by atoms with van der Waals surface area (Å²) in [4.78, 5) is 12.0. The van der Waals surface area contributed by atoms with E-state index in [0.717, 1.165) is 17.1 Å². The third kappa shape index (κ3) is 2.50. The van der Waals surface area contributed by atoms with Gasteiger partial charge in [-0.1, -0.05) is 19.1 Å². The molecule has 0 saturated heterocycles. The molecule has 0 amide bonds. The molecule has 2 aromatic rings. The molecule has 1 heterocycles. The first kappa shape index (κ1) is 13.3. The smallest absolute Gasteiger partial charge is 0.187 e. The summed E-state index contributed by atoms with van der Waals surface area (Å²) in [6, 6.07) is 7.45. The molecule has 0 fully saturated rings. The molecule has 0 aliphatic heterocycles. The first-order chi connectivity index (χ1) is 9.04. The summed E-state index contributed by atoms with van der Waals surface area (Å²) in [5.41, 5.74) is 2.04. The van der Waals surface area contributed by atoms with Gasteiger partial charge < -0.3 is 4.74 Å². The zero-order chi connectivity index (χ0) is 14.0. The highest BCUT2D eigenvalue weighted by Gasteiger charge is 2.19. The Balaban J connectivity index is 2.38. The maximum absolute atomic E-state index is 12.0. The van der Waals surface area contributed by atoms with Gasteiger partial charge in [0.15, 0.2) is 11.5 Å². The lowest BCUT2D eigenvalue weighted by Crippen LogP contribution is -2.10. The molecule has 1 aromatic carbocycles. The number of ether oxygens (including phenoxy) is 1. The number of Topliss-reactive ketones (excluding diaryl/α,β-unsaturated/α-hetero) is 1. The first-order valence-electron chi connectivity index (χ1n) is 6.15. The van der Waals surface area contributed by atoms with E-state index in [0.29, 0.717) is 5.69 Å². The zero-order valence-corrected chi connectivity index (χ0v) is 11.5. The molecule has 0 saturated carbocycles. The van der Waals surface area contributed by atoms with Gasteiger partial charge in [-0.3, -0.25) is 4.79 Å². The topological polar surface area (TPSA) is 57.0 Å². The number of ketones is 1. The van der Waals surface area contributed by atoms with Gasteiger partial charge in [0.25, 0.3) is 0 Å². The van der Waals surface area contributed by atoms with Crippen molar-refractivity contribution in [3.05, 3.63) is 35.7 Å². The van der Waals surface area contributed by atoms with Crippen LogP contribution in [0.5, 0.6) is 5.75 Å². The van der Waals surface area contributed by atoms with E-state index in [1.165, 1.54) is 0 Å². The Morgan fingerprint density at radius 2 is 1.89 bits per heavy atom. The van der Waals surface area contributed by atoms with E-state index in [1.54, 1.807) is 11.8 Å². The monoisotopic (exact) mass is 259 g/mol. The minimum absolute atomic E-state index is 0.0114. The Labute approximate surface area is 112 Å². The van der Waals surface area contributed by atoms with Crippen molar-refractivity contribution in [2.24, 2.45) is 5.92 Å². The lowest BCUT2D eigenvalue weighted by molar-refractivity contribution is 0.0933. The van der Waals surface area contributed by atoms with Gasteiger partial charge in [0, 0.05) is 5.92 Å². The number of methoxy groups -OCH3 is 1. The van der Waals surface area contributed by atoms with Crippen LogP contribution in [0, 0.1) is 12.8 Å². The van der Waals surface area contributed by atoms with Gasteiger partial charge in [-0.15, -0.1) is 5.10 Å². The summed E-state index contributed by atoms with van der Waals surface area (Å²) in [6.07, 6.45) is 0. The molecule has 5 nitrogen and oxygen atoms in total.